The Kier molecular flexibility index (Phi) is 4.73. The molecular weight excluding hydrogens is 334 g/mol. The molecular formula is C19H25N3O2S. The molecule has 3 rings (SSSR count). The molecule has 1 amide bonds. The van der Waals surface area contributed by atoms with E-state index in [4.69, 9.17) is 9.72 Å². The van der Waals surface area contributed by atoms with Gasteiger partial charge in [-0.15, -0.1) is 11.3 Å². The summed E-state index contributed by atoms with van der Waals surface area (Å²) in [4.78, 5) is 18.7. The number of benzene rings is 1. The second-order valence-corrected chi connectivity index (χ2v) is 8.33. The molecule has 6 heteroatoms. The van der Waals surface area contributed by atoms with Crippen molar-refractivity contribution in [2.24, 2.45) is 0 Å². The van der Waals surface area contributed by atoms with Crippen LogP contribution in [0.5, 0.6) is 0 Å². The molecule has 25 heavy (non-hydrogen) atoms. The van der Waals surface area contributed by atoms with Crippen LogP contribution >= 0.6 is 11.3 Å². The zero-order chi connectivity index (χ0) is 18.2. The third kappa shape index (κ3) is 3.49. The van der Waals surface area contributed by atoms with Crippen molar-refractivity contribution in [1.82, 2.24) is 4.98 Å². The number of hydrogen-bond donors (Lipinski definition) is 1. The van der Waals surface area contributed by atoms with E-state index in [-0.39, 0.29) is 23.6 Å². The van der Waals surface area contributed by atoms with Crippen molar-refractivity contribution in [3.63, 3.8) is 0 Å². The number of aromatic nitrogens is 1. The normalized spacial score (nSPS) is 20.1. The van der Waals surface area contributed by atoms with E-state index in [1.165, 1.54) is 7.11 Å². The number of hydrogen-bond acceptors (Lipinski definition) is 5. The van der Waals surface area contributed by atoms with Crippen LogP contribution in [0.2, 0.25) is 0 Å². The second-order valence-electron chi connectivity index (χ2n) is 7.47. The van der Waals surface area contributed by atoms with Gasteiger partial charge in [-0.1, -0.05) is 39.0 Å². The number of methoxy groups -OCH3 is 1. The van der Waals surface area contributed by atoms with Gasteiger partial charge in [-0.2, -0.15) is 0 Å². The molecule has 0 spiro atoms. The van der Waals surface area contributed by atoms with E-state index in [0.29, 0.717) is 0 Å². The molecule has 1 N–H and O–H groups in total. The van der Waals surface area contributed by atoms with Crippen molar-refractivity contribution < 1.29 is 9.53 Å². The zero-order valence-corrected chi connectivity index (χ0v) is 16.2. The van der Waals surface area contributed by atoms with Crippen molar-refractivity contribution >= 4 is 28.2 Å². The van der Waals surface area contributed by atoms with Crippen LogP contribution in [0, 0.1) is 0 Å². The number of amides is 1. The number of ether oxygens (including phenoxy) is 1. The molecule has 2 heterocycles. The standard InChI is InChI=1S/C19H25N3O2S/c1-12-10-14(20-17-21-16(11-25-17)19(2,3)4)13-8-6-7-9-15(13)22(12)18(23)24-5/h6-9,11-12,14H,10H2,1-5H3,(H,20,21)/t12-,14+/m1/s1. The van der Waals surface area contributed by atoms with Crippen LogP contribution in [-0.2, 0) is 10.2 Å². The number of nitrogens with zero attached hydrogens (tertiary/aromatic N) is 2. The van der Waals surface area contributed by atoms with Gasteiger partial charge in [0.05, 0.1) is 24.5 Å². The first-order chi connectivity index (χ1) is 11.8. The number of para-hydroxylation sites is 1. The molecule has 0 unspecified atom stereocenters. The number of fused-ring (bicyclic) bond motifs is 1. The van der Waals surface area contributed by atoms with Gasteiger partial charge in [0.2, 0.25) is 0 Å². The molecule has 0 saturated heterocycles. The fourth-order valence-corrected chi connectivity index (χ4v) is 4.15. The molecule has 2 atom stereocenters. The monoisotopic (exact) mass is 359 g/mol. The fourth-order valence-electron chi connectivity index (χ4n) is 3.16. The predicted molar refractivity (Wildman–Crippen MR) is 103 cm³/mol. The largest absolute Gasteiger partial charge is 0.452 e. The van der Waals surface area contributed by atoms with Crippen molar-refractivity contribution in [2.45, 2.75) is 51.6 Å². The smallest absolute Gasteiger partial charge is 0.414 e. The van der Waals surface area contributed by atoms with Crippen LogP contribution in [0.25, 0.3) is 0 Å². The molecule has 2 aromatic rings. The molecule has 0 fully saturated rings. The summed E-state index contributed by atoms with van der Waals surface area (Å²) in [5.41, 5.74) is 3.13. The van der Waals surface area contributed by atoms with Gasteiger partial charge >= 0.3 is 6.09 Å². The maximum Gasteiger partial charge on any atom is 0.414 e. The summed E-state index contributed by atoms with van der Waals surface area (Å²) < 4.78 is 4.97. The molecule has 5 nitrogen and oxygen atoms in total. The highest BCUT2D eigenvalue weighted by Gasteiger charge is 2.34. The first kappa shape index (κ1) is 17.7. The zero-order valence-electron chi connectivity index (χ0n) is 15.4. The van der Waals surface area contributed by atoms with Gasteiger partial charge in [0.1, 0.15) is 0 Å². The van der Waals surface area contributed by atoms with Gasteiger partial charge in [-0.05, 0) is 25.0 Å². The first-order valence-corrected chi connectivity index (χ1v) is 9.38. The van der Waals surface area contributed by atoms with Crippen LogP contribution in [-0.4, -0.2) is 24.2 Å². The lowest BCUT2D eigenvalue weighted by atomic mass is 9.92. The Morgan fingerprint density at radius 1 is 1.36 bits per heavy atom. The molecule has 1 aromatic carbocycles. The predicted octanol–water partition coefficient (Wildman–Crippen LogP) is 4.96. The van der Waals surface area contributed by atoms with E-state index in [9.17, 15) is 4.79 Å². The number of carbonyl (C=O) groups is 1. The summed E-state index contributed by atoms with van der Waals surface area (Å²) in [6.07, 6.45) is 0.485. The third-order valence-electron chi connectivity index (χ3n) is 4.53. The Balaban J connectivity index is 1.90. The number of rotatable bonds is 2. The van der Waals surface area contributed by atoms with E-state index in [2.05, 4.69) is 37.5 Å². The van der Waals surface area contributed by atoms with Gasteiger partial charge in [0, 0.05) is 16.8 Å². The van der Waals surface area contributed by atoms with Gasteiger partial charge in [-0.3, -0.25) is 4.90 Å². The van der Waals surface area contributed by atoms with Gasteiger partial charge < -0.3 is 10.1 Å². The highest BCUT2D eigenvalue weighted by atomic mass is 32.1. The average molecular weight is 359 g/mol. The number of nitrogens with one attached hydrogen (secondary N) is 1. The summed E-state index contributed by atoms with van der Waals surface area (Å²) >= 11 is 1.63. The quantitative estimate of drug-likeness (QED) is 0.823. The number of anilines is 2. The highest BCUT2D eigenvalue weighted by molar-refractivity contribution is 7.13. The van der Waals surface area contributed by atoms with Crippen LogP contribution in [0.1, 0.15) is 51.4 Å². The van der Waals surface area contributed by atoms with E-state index < -0.39 is 0 Å². The molecule has 0 bridgehead atoms. The molecule has 134 valence electrons. The Morgan fingerprint density at radius 2 is 2.08 bits per heavy atom. The van der Waals surface area contributed by atoms with Crippen molar-refractivity contribution in [1.29, 1.82) is 0 Å². The van der Waals surface area contributed by atoms with Gasteiger partial charge in [0.25, 0.3) is 0 Å². The van der Waals surface area contributed by atoms with Crippen molar-refractivity contribution in [3.8, 4) is 0 Å². The Bertz CT molecular complexity index is 766. The number of carbonyl (C=O) groups excluding carboxylic acids is 1. The van der Waals surface area contributed by atoms with Crippen LogP contribution in [0.3, 0.4) is 0 Å². The average Bonchev–Trinajstić information content (AvgIpc) is 3.03. The Morgan fingerprint density at radius 3 is 2.72 bits per heavy atom. The summed E-state index contributed by atoms with van der Waals surface area (Å²) in [5, 5.41) is 6.60. The minimum atomic E-state index is -0.317. The van der Waals surface area contributed by atoms with Crippen molar-refractivity contribution in [3.05, 3.63) is 40.9 Å². The lowest BCUT2D eigenvalue weighted by molar-refractivity contribution is 0.175. The molecule has 0 aliphatic carbocycles. The Labute approximate surface area is 153 Å². The molecule has 0 saturated carbocycles. The molecule has 0 radical (unpaired) electrons. The van der Waals surface area contributed by atoms with E-state index in [1.807, 2.05) is 25.1 Å². The van der Waals surface area contributed by atoms with E-state index in [0.717, 1.165) is 28.5 Å². The maximum atomic E-state index is 12.2. The van der Waals surface area contributed by atoms with Crippen molar-refractivity contribution in [2.75, 3.05) is 17.3 Å². The third-order valence-corrected chi connectivity index (χ3v) is 5.30. The van der Waals surface area contributed by atoms with Gasteiger partial charge in [0.15, 0.2) is 5.13 Å². The summed E-state index contributed by atoms with van der Waals surface area (Å²) in [5.74, 6) is 0. The summed E-state index contributed by atoms with van der Waals surface area (Å²) in [6.45, 7) is 8.54. The van der Waals surface area contributed by atoms with E-state index in [1.54, 1.807) is 16.2 Å². The minimum Gasteiger partial charge on any atom is -0.452 e. The lowest BCUT2D eigenvalue weighted by Gasteiger charge is -2.38. The van der Waals surface area contributed by atoms with Crippen LogP contribution in [0.4, 0.5) is 15.6 Å². The maximum absolute atomic E-state index is 12.2. The number of thiazole rings is 1. The summed E-state index contributed by atoms with van der Waals surface area (Å²) in [7, 11) is 1.42. The first-order valence-electron chi connectivity index (χ1n) is 8.50. The second kappa shape index (κ2) is 6.67. The topological polar surface area (TPSA) is 54.5 Å². The van der Waals surface area contributed by atoms with E-state index >= 15 is 0 Å². The fraction of sp³-hybridized carbons (Fsp3) is 0.474. The summed E-state index contributed by atoms with van der Waals surface area (Å²) in [6, 6.07) is 8.14. The van der Waals surface area contributed by atoms with Crippen LogP contribution in [0.15, 0.2) is 29.6 Å². The molecule has 1 aliphatic heterocycles. The van der Waals surface area contributed by atoms with Gasteiger partial charge in [-0.25, -0.2) is 9.78 Å². The van der Waals surface area contributed by atoms with Crippen LogP contribution < -0.4 is 10.2 Å². The highest BCUT2D eigenvalue weighted by Crippen LogP contribution is 2.39. The molecule has 1 aliphatic rings. The Hall–Kier alpha value is -2.08. The SMILES string of the molecule is COC(=O)N1c2ccccc2[C@@H](Nc2nc(C(C)(C)C)cs2)C[C@H]1C. The lowest BCUT2D eigenvalue weighted by Crippen LogP contribution is -2.44. The molecule has 1 aromatic heterocycles. The minimum absolute atomic E-state index is 0.0376.